The molecule has 0 aromatic carbocycles. The molecule has 1 aliphatic rings. The predicted molar refractivity (Wildman–Crippen MR) is 65.0 cm³/mol. The number of likely N-dealkylation sites (tertiary alicyclic amines) is 1. The van der Waals surface area contributed by atoms with Crippen LogP contribution in [0.15, 0.2) is 22.9 Å². The molecule has 0 radical (unpaired) electrons. The molecule has 0 saturated carbocycles. The molecule has 1 aliphatic heterocycles. The highest BCUT2D eigenvalue weighted by atomic mass is 79.9. The van der Waals surface area contributed by atoms with E-state index in [1.54, 1.807) is 23.2 Å². The Morgan fingerprint density at radius 3 is 3.00 bits per heavy atom. The largest absolute Gasteiger partial charge is 0.337 e. The number of hydrogen-bond donors (Lipinski definition) is 1. The monoisotopic (exact) mass is 283 g/mol. The maximum absolute atomic E-state index is 12.1. The van der Waals surface area contributed by atoms with E-state index in [1.807, 2.05) is 0 Å². The van der Waals surface area contributed by atoms with Crippen molar-refractivity contribution in [1.82, 2.24) is 9.88 Å². The lowest BCUT2D eigenvalue weighted by Crippen LogP contribution is -2.45. The fourth-order valence-electron chi connectivity index (χ4n) is 1.88. The van der Waals surface area contributed by atoms with E-state index >= 15 is 0 Å². The van der Waals surface area contributed by atoms with Crippen LogP contribution in [0.4, 0.5) is 0 Å². The number of amides is 1. The Morgan fingerprint density at radius 1 is 1.56 bits per heavy atom. The molecule has 0 spiro atoms. The summed E-state index contributed by atoms with van der Waals surface area (Å²) in [5.74, 6) is 0.0233. The second-order valence-electron chi connectivity index (χ2n) is 4.02. The summed E-state index contributed by atoms with van der Waals surface area (Å²) in [4.78, 5) is 17.9. The summed E-state index contributed by atoms with van der Waals surface area (Å²) in [6.07, 6.45) is 3.58. The summed E-state index contributed by atoms with van der Waals surface area (Å²) >= 11 is 3.24. The number of halogens is 1. The topological polar surface area (TPSA) is 59.2 Å². The van der Waals surface area contributed by atoms with Gasteiger partial charge in [0.15, 0.2) is 0 Å². The van der Waals surface area contributed by atoms with E-state index in [4.69, 9.17) is 5.73 Å². The molecule has 2 heterocycles. The standard InChI is InChI=1S/C11H14BrN3O/c12-10-4-3-8(6-14-10)11(16)15-5-1-2-9(13)7-15/h3-4,6,9H,1-2,5,7,13H2. The lowest BCUT2D eigenvalue weighted by molar-refractivity contribution is 0.0708. The number of carbonyl (C=O) groups excluding carboxylic acids is 1. The summed E-state index contributed by atoms with van der Waals surface area (Å²) < 4.78 is 0.736. The number of hydrogen-bond acceptors (Lipinski definition) is 3. The molecule has 2 rings (SSSR count). The Balaban J connectivity index is 2.09. The zero-order valence-electron chi connectivity index (χ0n) is 8.90. The van der Waals surface area contributed by atoms with Crippen molar-refractivity contribution in [2.75, 3.05) is 13.1 Å². The van der Waals surface area contributed by atoms with Gasteiger partial charge in [-0.25, -0.2) is 4.98 Å². The molecule has 1 aromatic rings. The summed E-state index contributed by atoms with van der Waals surface area (Å²) in [6.45, 7) is 1.44. The molecular formula is C11H14BrN3O. The minimum atomic E-state index is 0.0233. The van der Waals surface area contributed by atoms with E-state index in [2.05, 4.69) is 20.9 Å². The molecule has 1 aromatic heterocycles. The first kappa shape index (κ1) is 11.5. The Labute approximate surface area is 103 Å². The molecule has 4 nitrogen and oxygen atoms in total. The number of pyridine rings is 1. The van der Waals surface area contributed by atoms with Crippen LogP contribution in [0.2, 0.25) is 0 Å². The lowest BCUT2D eigenvalue weighted by Gasteiger charge is -2.30. The van der Waals surface area contributed by atoms with E-state index in [1.165, 1.54) is 0 Å². The number of nitrogens with two attached hydrogens (primary N) is 1. The number of aromatic nitrogens is 1. The van der Waals surface area contributed by atoms with Crippen molar-refractivity contribution < 1.29 is 4.79 Å². The number of rotatable bonds is 1. The number of carbonyl (C=O) groups is 1. The van der Waals surface area contributed by atoms with Crippen molar-refractivity contribution in [3.8, 4) is 0 Å². The van der Waals surface area contributed by atoms with Gasteiger partial charge in [0.05, 0.1) is 5.56 Å². The van der Waals surface area contributed by atoms with Crippen LogP contribution >= 0.6 is 15.9 Å². The molecule has 1 unspecified atom stereocenters. The van der Waals surface area contributed by atoms with E-state index in [-0.39, 0.29) is 11.9 Å². The van der Waals surface area contributed by atoms with Gasteiger partial charge in [-0.3, -0.25) is 4.79 Å². The molecular weight excluding hydrogens is 270 g/mol. The van der Waals surface area contributed by atoms with Gasteiger partial charge in [0.1, 0.15) is 4.60 Å². The number of piperidine rings is 1. The first-order valence-electron chi connectivity index (χ1n) is 5.33. The van der Waals surface area contributed by atoms with Gasteiger partial charge in [0, 0.05) is 25.3 Å². The highest BCUT2D eigenvalue weighted by Gasteiger charge is 2.22. The van der Waals surface area contributed by atoms with Crippen LogP contribution in [0, 0.1) is 0 Å². The van der Waals surface area contributed by atoms with Crippen LogP contribution in [0.5, 0.6) is 0 Å². The molecule has 2 N–H and O–H groups in total. The van der Waals surface area contributed by atoms with E-state index < -0.39 is 0 Å². The molecule has 1 atom stereocenters. The average molecular weight is 284 g/mol. The first-order chi connectivity index (χ1) is 7.66. The SMILES string of the molecule is NC1CCCN(C(=O)c2ccc(Br)nc2)C1. The third-order valence-electron chi connectivity index (χ3n) is 2.72. The predicted octanol–water partition coefficient (Wildman–Crippen LogP) is 1.41. The van der Waals surface area contributed by atoms with Gasteiger partial charge in [-0.2, -0.15) is 0 Å². The maximum atomic E-state index is 12.1. The van der Waals surface area contributed by atoms with Crippen LogP contribution < -0.4 is 5.73 Å². The second-order valence-corrected chi connectivity index (χ2v) is 4.84. The Kier molecular flexibility index (Phi) is 3.56. The fourth-order valence-corrected chi connectivity index (χ4v) is 2.11. The Hall–Kier alpha value is -0.940. The molecule has 5 heteroatoms. The normalized spacial score (nSPS) is 20.9. The number of nitrogens with zero attached hydrogens (tertiary/aromatic N) is 2. The van der Waals surface area contributed by atoms with Gasteiger partial charge in [0.25, 0.3) is 5.91 Å². The highest BCUT2D eigenvalue weighted by molar-refractivity contribution is 9.10. The van der Waals surface area contributed by atoms with Gasteiger partial charge in [-0.05, 0) is 40.9 Å². The van der Waals surface area contributed by atoms with Gasteiger partial charge < -0.3 is 10.6 Å². The molecule has 0 aliphatic carbocycles. The minimum absolute atomic E-state index is 0.0233. The van der Waals surface area contributed by atoms with Gasteiger partial charge in [0.2, 0.25) is 0 Å². The van der Waals surface area contributed by atoms with Crippen LogP contribution in [0.1, 0.15) is 23.2 Å². The summed E-state index contributed by atoms with van der Waals surface area (Å²) in [7, 11) is 0. The molecule has 1 amide bonds. The van der Waals surface area contributed by atoms with Gasteiger partial charge in [-0.1, -0.05) is 0 Å². The van der Waals surface area contributed by atoms with Crippen LogP contribution in [0.25, 0.3) is 0 Å². The molecule has 1 saturated heterocycles. The Bertz CT molecular complexity index is 379. The van der Waals surface area contributed by atoms with E-state index in [0.29, 0.717) is 12.1 Å². The molecule has 0 bridgehead atoms. The van der Waals surface area contributed by atoms with Crippen molar-refractivity contribution >= 4 is 21.8 Å². The van der Waals surface area contributed by atoms with Crippen molar-refractivity contribution in [3.63, 3.8) is 0 Å². The fraction of sp³-hybridized carbons (Fsp3) is 0.455. The zero-order chi connectivity index (χ0) is 11.5. The summed E-state index contributed by atoms with van der Waals surface area (Å²) in [5.41, 5.74) is 6.47. The second kappa shape index (κ2) is 4.93. The van der Waals surface area contributed by atoms with Crippen molar-refractivity contribution in [3.05, 3.63) is 28.5 Å². The summed E-state index contributed by atoms with van der Waals surface area (Å²) in [5, 5.41) is 0. The van der Waals surface area contributed by atoms with Crippen LogP contribution in [0.3, 0.4) is 0 Å². The molecule has 16 heavy (non-hydrogen) atoms. The first-order valence-corrected chi connectivity index (χ1v) is 6.12. The van der Waals surface area contributed by atoms with Crippen molar-refractivity contribution in [1.29, 1.82) is 0 Å². The van der Waals surface area contributed by atoms with Crippen molar-refractivity contribution in [2.24, 2.45) is 5.73 Å². The summed E-state index contributed by atoms with van der Waals surface area (Å²) in [6, 6.07) is 3.66. The third-order valence-corrected chi connectivity index (χ3v) is 3.19. The maximum Gasteiger partial charge on any atom is 0.255 e. The quantitative estimate of drug-likeness (QED) is 0.793. The Morgan fingerprint density at radius 2 is 2.38 bits per heavy atom. The van der Waals surface area contributed by atoms with Crippen molar-refractivity contribution in [2.45, 2.75) is 18.9 Å². The van der Waals surface area contributed by atoms with E-state index in [0.717, 1.165) is 24.0 Å². The lowest BCUT2D eigenvalue weighted by atomic mass is 10.1. The molecule has 86 valence electrons. The van der Waals surface area contributed by atoms with Crippen LogP contribution in [-0.2, 0) is 0 Å². The van der Waals surface area contributed by atoms with Gasteiger partial charge >= 0.3 is 0 Å². The highest BCUT2D eigenvalue weighted by Crippen LogP contribution is 2.13. The average Bonchev–Trinajstić information content (AvgIpc) is 2.29. The smallest absolute Gasteiger partial charge is 0.255 e. The molecule has 1 fully saturated rings. The zero-order valence-corrected chi connectivity index (χ0v) is 10.5. The third kappa shape index (κ3) is 2.59. The minimum Gasteiger partial charge on any atom is -0.337 e. The van der Waals surface area contributed by atoms with Crippen LogP contribution in [-0.4, -0.2) is 34.9 Å². The van der Waals surface area contributed by atoms with Gasteiger partial charge in [-0.15, -0.1) is 0 Å². The van der Waals surface area contributed by atoms with E-state index in [9.17, 15) is 4.79 Å².